The van der Waals surface area contributed by atoms with Gasteiger partial charge in [0.25, 0.3) is 0 Å². The van der Waals surface area contributed by atoms with Crippen LogP contribution in [0.25, 0.3) is 11.2 Å². The number of hydrogen-bond donors (Lipinski definition) is 1. The number of pyridine rings is 1. The van der Waals surface area contributed by atoms with Crippen molar-refractivity contribution in [2.75, 3.05) is 33.4 Å². The molecule has 8 heteroatoms. The van der Waals surface area contributed by atoms with Gasteiger partial charge < -0.3 is 19.5 Å². The van der Waals surface area contributed by atoms with Crippen LogP contribution >= 0.6 is 0 Å². The highest BCUT2D eigenvalue weighted by atomic mass is 16.5. The zero-order valence-electron chi connectivity index (χ0n) is 17.9. The number of imidazole rings is 1. The van der Waals surface area contributed by atoms with Crippen molar-refractivity contribution in [3.63, 3.8) is 0 Å². The summed E-state index contributed by atoms with van der Waals surface area (Å²) >= 11 is 0. The summed E-state index contributed by atoms with van der Waals surface area (Å²) in [6.45, 7) is 4.95. The number of amides is 2. The highest BCUT2D eigenvalue weighted by Gasteiger charge is 2.41. The van der Waals surface area contributed by atoms with E-state index in [0.29, 0.717) is 19.4 Å². The number of carbonyl (C=O) groups excluding carboxylic acids is 2. The molecule has 8 nitrogen and oxygen atoms in total. The number of likely N-dealkylation sites (tertiary alicyclic amines) is 1. The molecule has 4 rings (SSSR count). The van der Waals surface area contributed by atoms with Crippen molar-refractivity contribution < 1.29 is 14.3 Å². The van der Waals surface area contributed by atoms with Gasteiger partial charge >= 0.3 is 0 Å². The molecule has 4 heterocycles. The predicted molar refractivity (Wildman–Crippen MR) is 113 cm³/mol. The maximum atomic E-state index is 12.7. The molecule has 0 aromatic carbocycles. The van der Waals surface area contributed by atoms with Gasteiger partial charge in [0.05, 0.1) is 12.6 Å². The molecule has 1 N–H and O–H groups in total. The molecule has 0 radical (unpaired) electrons. The SMILES string of the molecule is COC[C@@H](C)n1c(CCCC(=O)N2CCC3(CC2)CNC(=O)C3)nc2cccnc21. The average molecular weight is 414 g/mol. The molecular formula is C22H31N5O3. The van der Waals surface area contributed by atoms with Crippen LogP contribution in [0, 0.1) is 5.41 Å². The third-order valence-electron chi connectivity index (χ3n) is 6.53. The van der Waals surface area contributed by atoms with Gasteiger partial charge in [-0.05, 0) is 43.7 Å². The van der Waals surface area contributed by atoms with Crippen molar-refractivity contribution in [1.82, 2.24) is 24.8 Å². The minimum absolute atomic E-state index is 0.0726. The van der Waals surface area contributed by atoms with Crippen molar-refractivity contribution in [3.8, 4) is 0 Å². The third kappa shape index (κ3) is 4.19. The molecular weight excluding hydrogens is 382 g/mol. The van der Waals surface area contributed by atoms with Crippen LogP contribution in [0.15, 0.2) is 18.3 Å². The van der Waals surface area contributed by atoms with Crippen molar-refractivity contribution in [2.24, 2.45) is 5.41 Å². The molecule has 0 aliphatic carbocycles. The summed E-state index contributed by atoms with van der Waals surface area (Å²) in [4.78, 5) is 35.5. The molecule has 2 aliphatic rings. The van der Waals surface area contributed by atoms with E-state index in [-0.39, 0.29) is 23.3 Å². The summed E-state index contributed by atoms with van der Waals surface area (Å²) in [6, 6.07) is 3.99. The van der Waals surface area contributed by atoms with Crippen LogP contribution in [0.5, 0.6) is 0 Å². The first-order valence-electron chi connectivity index (χ1n) is 10.9. The first kappa shape index (κ1) is 20.8. The Bertz CT molecular complexity index is 917. The minimum atomic E-state index is 0.0726. The number of nitrogens with one attached hydrogen (secondary N) is 1. The van der Waals surface area contributed by atoms with Gasteiger partial charge in [0.15, 0.2) is 5.65 Å². The van der Waals surface area contributed by atoms with Gasteiger partial charge in [-0.3, -0.25) is 9.59 Å². The van der Waals surface area contributed by atoms with E-state index in [1.165, 1.54) is 0 Å². The Hall–Kier alpha value is -2.48. The summed E-state index contributed by atoms with van der Waals surface area (Å²) < 4.78 is 7.47. The molecule has 1 atom stereocenters. The summed E-state index contributed by atoms with van der Waals surface area (Å²) in [5, 5.41) is 2.95. The number of piperidine rings is 1. The highest BCUT2D eigenvalue weighted by Crippen LogP contribution is 2.37. The van der Waals surface area contributed by atoms with Gasteiger partial charge in [-0.25, -0.2) is 9.97 Å². The summed E-state index contributed by atoms with van der Waals surface area (Å²) in [6.07, 6.45) is 6.21. The molecule has 0 bridgehead atoms. The van der Waals surface area contributed by atoms with E-state index in [4.69, 9.17) is 9.72 Å². The lowest BCUT2D eigenvalue weighted by atomic mass is 9.77. The Balaban J connectivity index is 1.34. The number of hydrogen-bond acceptors (Lipinski definition) is 5. The molecule has 0 saturated carbocycles. The van der Waals surface area contributed by atoms with Gasteiger partial charge in [-0.1, -0.05) is 0 Å². The van der Waals surface area contributed by atoms with Gasteiger partial charge in [-0.15, -0.1) is 0 Å². The van der Waals surface area contributed by atoms with Crippen LogP contribution in [0.4, 0.5) is 0 Å². The molecule has 2 fully saturated rings. The summed E-state index contributed by atoms with van der Waals surface area (Å²) in [7, 11) is 1.70. The summed E-state index contributed by atoms with van der Waals surface area (Å²) in [5.41, 5.74) is 1.82. The summed E-state index contributed by atoms with van der Waals surface area (Å²) in [5.74, 6) is 1.30. The third-order valence-corrected chi connectivity index (χ3v) is 6.53. The molecule has 0 unspecified atom stereocenters. The Morgan fingerprint density at radius 3 is 2.87 bits per heavy atom. The Kier molecular flexibility index (Phi) is 6.04. The molecule has 162 valence electrons. The van der Waals surface area contributed by atoms with Crippen LogP contribution in [-0.2, 0) is 20.7 Å². The monoisotopic (exact) mass is 413 g/mol. The van der Waals surface area contributed by atoms with E-state index < -0.39 is 0 Å². The first-order chi connectivity index (χ1) is 14.5. The molecule has 30 heavy (non-hydrogen) atoms. The lowest BCUT2D eigenvalue weighted by molar-refractivity contribution is -0.133. The zero-order valence-corrected chi connectivity index (χ0v) is 17.9. The van der Waals surface area contributed by atoms with Crippen LogP contribution in [-0.4, -0.2) is 64.6 Å². The molecule has 1 spiro atoms. The normalized spacial score (nSPS) is 19.4. The second kappa shape index (κ2) is 8.71. The maximum absolute atomic E-state index is 12.7. The molecule has 2 amide bonds. The Morgan fingerprint density at radius 1 is 1.37 bits per heavy atom. The van der Waals surface area contributed by atoms with E-state index in [2.05, 4.69) is 21.8 Å². The number of aryl methyl sites for hydroxylation is 1. The molecule has 2 aromatic heterocycles. The fourth-order valence-electron chi connectivity index (χ4n) is 4.82. The van der Waals surface area contributed by atoms with Gasteiger partial charge in [0.1, 0.15) is 11.3 Å². The second-order valence-electron chi connectivity index (χ2n) is 8.74. The van der Waals surface area contributed by atoms with E-state index >= 15 is 0 Å². The quantitative estimate of drug-likeness (QED) is 0.751. The Labute approximate surface area is 177 Å². The number of carbonyl (C=O) groups is 2. The number of aromatic nitrogens is 3. The first-order valence-corrected chi connectivity index (χ1v) is 10.9. The predicted octanol–water partition coefficient (Wildman–Crippen LogP) is 2.09. The van der Waals surface area contributed by atoms with E-state index in [1.807, 2.05) is 17.0 Å². The van der Waals surface area contributed by atoms with Gasteiger partial charge in [0.2, 0.25) is 11.8 Å². The van der Waals surface area contributed by atoms with Crippen LogP contribution < -0.4 is 5.32 Å². The lowest BCUT2D eigenvalue weighted by Crippen LogP contribution is -2.44. The number of nitrogens with zero attached hydrogens (tertiary/aromatic N) is 4. The molecule has 2 aliphatic heterocycles. The second-order valence-corrected chi connectivity index (χ2v) is 8.74. The number of rotatable bonds is 7. The lowest BCUT2D eigenvalue weighted by Gasteiger charge is -2.38. The van der Waals surface area contributed by atoms with Crippen LogP contribution in [0.2, 0.25) is 0 Å². The van der Waals surface area contributed by atoms with E-state index in [1.54, 1.807) is 13.3 Å². The number of ether oxygens (including phenoxy) is 1. The number of fused-ring (bicyclic) bond motifs is 1. The maximum Gasteiger partial charge on any atom is 0.222 e. The van der Waals surface area contributed by atoms with Crippen molar-refractivity contribution in [1.29, 1.82) is 0 Å². The van der Waals surface area contributed by atoms with E-state index in [9.17, 15) is 9.59 Å². The van der Waals surface area contributed by atoms with Gasteiger partial charge in [0, 0.05) is 52.2 Å². The molecule has 2 saturated heterocycles. The van der Waals surface area contributed by atoms with Crippen LogP contribution in [0.3, 0.4) is 0 Å². The van der Waals surface area contributed by atoms with E-state index in [0.717, 1.165) is 62.3 Å². The zero-order chi connectivity index (χ0) is 21.1. The topological polar surface area (TPSA) is 89.4 Å². The highest BCUT2D eigenvalue weighted by molar-refractivity contribution is 5.79. The smallest absolute Gasteiger partial charge is 0.222 e. The minimum Gasteiger partial charge on any atom is -0.383 e. The molecule has 2 aromatic rings. The number of methoxy groups -OCH3 is 1. The van der Waals surface area contributed by atoms with Crippen molar-refractivity contribution >= 4 is 23.0 Å². The van der Waals surface area contributed by atoms with Crippen LogP contribution in [0.1, 0.15) is 50.9 Å². The van der Waals surface area contributed by atoms with Crippen molar-refractivity contribution in [2.45, 2.75) is 51.5 Å². The standard InChI is InChI=1S/C22H31N5O3/c1-16(14-30-2)27-18(25-17-5-4-10-23-21(17)27)6-3-7-20(29)26-11-8-22(9-12-26)13-19(28)24-15-22/h4-5,10,16H,3,6-9,11-15H2,1-2H3,(H,24,28)/t16-/m1/s1. The van der Waals surface area contributed by atoms with Crippen molar-refractivity contribution in [3.05, 3.63) is 24.2 Å². The van der Waals surface area contributed by atoms with Gasteiger partial charge in [-0.2, -0.15) is 0 Å². The fraction of sp³-hybridized carbons (Fsp3) is 0.636. The largest absolute Gasteiger partial charge is 0.383 e. The fourth-order valence-corrected chi connectivity index (χ4v) is 4.82. The Morgan fingerprint density at radius 2 is 2.17 bits per heavy atom. The average Bonchev–Trinajstić information content (AvgIpc) is 3.28.